The van der Waals surface area contributed by atoms with Gasteiger partial charge in [0, 0.05) is 24.2 Å². The molecule has 1 amide bonds. The number of thiocarbonyl (C=S) groups is 1. The van der Waals surface area contributed by atoms with Crippen molar-refractivity contribution in [2.24, 2.45) is 5.41 Å². The molecule has 2 N–H and O–H groups in total. The number of amides is 1. The highest BCUT2D eigenvalue weighted by atomic mass is 32.1. The van der Waals surface area contributed by atoms with Crippen LogP contribution in [0.2, 0.25) is 0 Å². The SMILES string of the molecule is CC(C)(C)C(=O)NC(=S)Nc1nc2ccc(N3CCOCC3)cc2s1. The topological polar surface area (TPSA) is 66.5 Å². The number of nitrogens with zero attached hydrogens (tertiary/aromatic N) is 2. The Balaban J connectivity index is 1.70. The standard InChI is InChI=1S/C17H22N4O2S2/c1-17(2,3)14(22)19-15(24)20-16-18-12-5-4-11(10-13(12)25-16)21-6-8-23-9-7-21/h4-5,10H,6-9H2,1-3H3,(H2,18,19,20,22,24). The van der Waals surface area contributed by atoms with Crippen molar-refractivity contribution in [3.63, 3.8) is 0 Å². The summed E-state index contributed by atoms with van der Waals surface area (Å²) in [5, 5.41) is 6.65. The highest BCUT2D eigenvalue weighted by Crippen LogP contribution is 2.30. The van der Waals surface area contributed by atoms with Crippen molar-refractivity contribution in [3.05, 3.63) is 18.2 Å². The van der Waals surface area contributed by atoms with Gasteiger partial charge < -0.3 is 20.3 Å². The fourth-order valence-electron chi connectivity index (χ4n) is 2.40. The molecule has 0 radical (unpaired) electrons. The van der Waals surface area contributed by atoms with E-state index in [1.807, 2.05) is 26.8 Å². The molecule has 1 aliphatic rings. The van der Waals surface area contributed by atoms with Crippen molar-refractivity contribution in [1.82, 2.24) is 10.3 Å². The summed E-state index contributed by atoms with van der Waals surface area (Å²) in [6.07, 6.45) is 0. The lowest BCUT2D eigenvalue weighted by Crippen LogP contribution is -2.41. The van der Waals surface area contributed by atoms with Crippen LogP contribution in [0.4, 0.5) is 10.8 Å². The number of fused-ring (bicyclic) bond motifs is 1. The third kappa shape index (κ3) is 4.45. The van der Waals surface area contributed by atoms with Gasteiger partial charge in [-0.1, -0.05) is 32.1 Å². The number of nitrogens with one attached hydrogen (secondary N) is 2. The number of carbonyl (C=O) groups excluding carboxylic acids is 1. The first-order chi connectivity index (χ1) is 11.8. The maximum Gasteiger partial charge on any atom is 0.231 e. The van der Waals surface area contributed by atoms with Crippen molar-refractivity contribution in [3.8, 4) is 0 Å². The number of carbonyl (C=O) groups is 1. The second-order valence-corrected chi connectivity index (χ2v) is 8.37. The van der Waals surface area contributed by atoms with Gasteiger partial charge >= 0.3 is 0 Å². The smallest absolute Gasteiger partial charge is 0.231 e. The number of aromatic nitrogens is 1. The molecule has 8 heteroatoms. The Hall–Kier alpha value is -1.77. The summed E-state index contributed by atoms with van der Waals surface area (Å²) in [5.41, 5.74) is 1.59. The summed E-state index contributed by atoms with van der Waals surface area (Å²) < 4.78 is 6.48. The normalized spacial score (nSPS) is 15.2. The predicted molar refractivity (Wildman–Crippen MR) is 106 cm³/mol. The van der Waals surface area contributed by atoms with E-state index < -0.39 is 5.41 Å². The lowest BCUT2D eigenvalue weighted by molar-refractivity contribution is -0.126. The number of thiazole rings is 1. The largest absolute Gasteiger partial charge is 0.378 e. The van der Waals surface area contributed by atoms with Crippen LogP contribution in [0.5, 0.6) is 0 Å². The van der Waals surface area contributed by atoms with Gasteiger partial charge in [-0.05, 0) is 30.4 Å². The molecule has 134 valence electrons. The Morgan fingerprint density at radius 2 is 2.04 bits per heavy atom. The number of hydrogen-bond acceptors (Lipinski definition) is 6. The van der Waals surface area contributed by atoms with E-state index in [1.165, 1.54) is 17.0 Å². The maximum atomic E-state index is 12.0. The Bertz CT molecular complexity index is 792. The molecule has 0 aliphatic carbocycles. The molecule has 2 aromatic rings. The average Bonchev–Trinajstić information content (AvgIpc) is 2.95. The van der Waals surface area contributed by atoms with Crippen LogP contribution in [-0.4, -0.2) is 42.3 Å². The zero-order valence-electron chi connectivity index (χ0n) is 14.6. The summed E-state index contributed by atoms with van der Waals surface area (Å²) in [6, 6.07) is 6.23. The monoisotopic (exact) mass is 378 g/mol. The molecule has 0 bridgehead atoms. The Labute approximate surface area is 156 Å². The van der Waals surface area contributed by atoms with E-state index in [-0.39, 0.29) is 11.0 Å². The van der Waals surface area contributed by atoms with Crippen LogP contribution in [0.3, 0.4) is 0 Å². The number of benzene rings is 1. The average molecular weight is 379 g/mol. The van der Waals surface area contributed by atoms with Gasteiger partial charge in [-0.3, -0.25) is 4.79 Å². The maximum absolute atomic E-state index is 12.0. The van der Waals surface area contributed by atoms with E-state index >= 15 is 0 Å². The molecule has 6 nitrogen and oxygen atoms in total. The van der Waals surface area contributed by atoms with Crippen molar-refractivity contribution >= 4 is 55.6 Å². The van der Waals surface area contributed by atoms with Gasteiger partial charge in [0.1, 0.15) is 0 Å². The number of rotatable bonds is 2. The lowest BCUT2D eigenvalue weighted by Gasteiger charge is -2.28. The van der Waals surface area contributed by atoms with E-state index in [2.05, 4.69) is 32.7 Å². The first-order valence-corrected chi connectivity index (χ1v) is 9.41. The molecule has 0 atom stereocenters. The third-order valence-corrected chi connectivity index (χ3v) is 5.01. The highest BCUT2D eigenvalue weighted by molar-refractivity contribution is 7.80. The van der Waals surface area contributed by atoms with Gasteiger partial charge in [0.15, 0.2) is 10.2 Å². The third-order valence-electron chi connectivity index (χ3n) is 3.88. The molecule has 1 fully saturated rings. The Kier molecular flexibility index (Phi) is 5.21. The quantitative estimate of drug-likeness (QED) is 0.783. The van der Waals surface area contributed by atoms with Crippen LogP contribution >= 0.6 is 23.6 Å². The van der Waals surface area contributed by atoms with Gasteiger partial charge in [-0.15, -0.1) is 0 Å². The van der Waals surface area contributed by atoms with E-state index in [1.54, 1.807) is 0 Å². The minimum Gasteiger partial charge on any atom is -0.378 e. The zero-order valence-corrected chi connectivity index (χ0v) is 16.2. The molecular formula is C17H22N4O2S2. The molecule has 1 aromatic heterocycles. The summed E-state index contributed by atoms with van der Waals surface area (Å²) >= 11 is 6.73. The van der Waals surface area contributed by atoms with Gasteiger partial charge in [0.05, 0.1) is 23.4 Å². The van der Waals surface area contributed by atoms with Crippen molar-refractivity contribution in [2.75, 3.05) is 36.5 Å². The van der Waals surface area contributed by atoms with Crippen LogP contribution in [0.1, 0.15) is 20.8 Å². The van der Waals surface area contributed by atoms with Crippen LogP contribution in [0.25, 0.3) is 10.2 Å². The lowest BCUT2D eigenvalue weighted by atomic mass is 9.96. The van der Waals surface area contributed by atoms with Gasteiger partial charge in [-0.25, -0.2) is 4.98 Å². The second-order valence-electron chi connectivity index (χ2n) is 6.93. The summed E-state index contributed by atoms with van der Waals surface area (Å²) in [6.45, 7) is 8.85. The highest BCUT2D eigenvalue weighted by Gasteiger charge is 2.22. The molecule has 3 rings (SSSR count). The first kappa shape index (κ1) is 18.0. The van der Waals surface area contributed by atoms with Crippen LogP contribution in [0.15, 0.2) is 18.2 Å². The minimum absolute atomic E-state index is 0.124. The molecule has 0 spiro atoms. The Morgan fingerprint density at radius 3 is 2.72 bits per heavy atom. The van der Waals surface area contributed by atoms with Crippen LogP contribution in [0, 0.1) is 5.41 Å². The van der Waals surface area contributed by atoms with Crippen molar-refractivity contribution in [1.29, 1.82) is 0 Å². The van der Waals surface area contributed by atoms with Gasteiger partial charge in [-0.2, -0.15) is 0 Å². The van der Waals surface area contributed by atoms with E-state index in [0.29, 0.717) is 5.13 Å². The molecule has 1 aromatic carbocycles. The second kappa shape index (κ2) is 7.23. The fraction of sp³-hybridized carbons (Fsp3) is 0.471. The molecular weight excluding hydrogens is 356 g/mol. The minimum atomic E-state index is -0.494. The number of ether oxygens (including phenoxy) is 1. The molecule has 0 saturated carbocycles. The summed E-state index contributed by atoms with van der Waals surface area (Å²) in [4.78, 5) is 18.8. The summed E-state index contributed by atoms with van der Waals surface area (Å²) in [7, 11) is 0. The predicted octanol–water partition coefficient (Wildman–Crippen LogP) is 2.99. The molecule has 0 unspecified atom stereocenters. The molecule has 25 heavy (non-hydrogen) atoms. The Morgan fingerprint density at radius 1 is 1.32 bits per heavy atom. The van der Waals surface area contributed by atoms with Crippen LogP contribution < -0.4 is 15.5 Å². The molecule has 2 heterocycles. The number of hydrogen-bond donors (Lipinski definition) is 2. The number of anilines is 2. The molecule has 1 saturated heterocycles. The van der Waals surface area contributed by atoms with Gasteiger partial charge in [0.2, 0.25) is 5.91 Å². The van der Waals surface area contributed by atoms with Gasteiger partial charge in [0.25, 0.3) is 0 Å². The van der Waals surface area contributed by atoms with E-state index in [0.717, 1.165) is 36.5 Å². The first-order valence-electron chi connectivity index (χ1n) is 8.19. The van der Waals surface area contributed by atoms with E-state index in [9.17, 15) is 4.79 Å². The molecule has 1 aliphatic heterocycles. The van der Waals surface area contributed by atoms with Crippen molar-refractivity contribution < 1.29 is 9.53 Å². The zero-order chi connectivity index (χ0) is 18.0. The fourth-order valence-corrected chi connectivity index (χ4v) is 3.56. The van der Waals surface area contributed by atoms with E-state index in [4.69, 9.17) is 17.0 Å². The summed E-state index contributed by atoms with van der Waals surface area (Å²) in [5.74, 6) is -0.124. The number of morpholine rings is 1. The van der Waals surface area contributed by atoms with Crippen LogP contribution in [-0.2, 0) is 9.53 Å². The van der Waals surface area contributed by atoms with Crippen molar-refractivity contribution in [2.45, 2.75) is 20.8 Å².